The van der Waals surface area contributed by atoms with E-state index < -0.39 is 7.29 Å². The second kappa shape index (κ2) is 7.26. The van der Waals surface area contributed by atoms with Gasteiger partial charge in [0.2, 0.25) is 7.29 Å². The van der Waals surface area contributed by atoms with E-state index >= 15 is 0 Å². The van der Waals surface area contributed by atoms with Crippen molar-refractivity contribution >= 4 is 24.6 Å². The summed E-state index contributed by atoms with van der Waals surface area (Å²) in [5.41, 5.74) is 2.79. The van der Waals surface area contributed by atoms with E-state index in [2.05, 4.69) is 10.1 Å². The Labute approximate surface area is 158 Å². The molecule has 1 aliphatic heterocycles. The van der Waals surface area contributed by atoms with Gasteiger partial charge in [-0.25, -0.2) is 4.98 Å². The summed E-state index contributed by atoms with van der Waals surface area (Å²) in [5, 5.41) is 3.11. The molecule has 0 aliphatic carbocycles. The molecule has 0 saturated carbocycles. The fourth-order valence-electron chi connectivity index (χ4n) is 2.87. The summed E-state index contributed by atoms with van der Waals surface area (Å²) in [7, 11) is -3.06. The number of anilines is 1. The standard InChI is InChI=1S/C22H19N2O2P/c1-17-12-13-23-22(14-17)24-27(25)15-20(18-8-4-2-5-9-18)26-21(16-27)19-10-6-3-7-11-19/h2-16H,1H3,(H,23,24,25). The Hall–Kier alpha value is -3.10. The van der Waals surface area contributed by atoms with Crippen LogP contribution in [0.25, 0.3) is 11.5 Å². The van der Waals surface area contributed by atoms with E-state index in [1.807, 2.05) is 79.7 Å². The van der Waals surface area contributed by atoms with Crippen LogP contribution in [0, 0.1) is 6.92 Å². The van der Waals surface area contributed by atoms with E-state index in [1.54, 1.807) is 17.8 Å². The molecule has 0 radical (unpaired) electrons. The summed E-state index contributed by atoms with van der Waals surface area (Å²) in [5.74, 6) is 5.05. The van der Waals surface area contributed by atoms with Crippen molar-refractivity contribution in [3.8, 4) is 0 Å². The second-order valence-corrected chi connectivity index (χ2v) is 8.52. The van der Waals surface area contributed by atoms with Crippen LogP contribution in [0.2, 0.25) is 0 Å². The first-order chi connectivity index (χ1) is 13.1. The fraction of sp³-hybridized carbons (Fsp3) is 0.0455. The van der Waals surface area contributed by atoms with Crippen LogP contribution >= 0.6 is 7.29 Å². The lowest BCUT2D eigenvalue weighted by Gasteiger charge is -2.23. The van der Waals surface area contributed by atoms with Gasteiger partial charge in [0.15, 0.2) is 0 Å². The van der Waals surface area contributed by atoms with E-state index in [4.69, 9.17) is 4.74 Å². The van der Waals surface area contributed by atoms with Gasteiger partial charge in [0.1, 0.15) is 17.3 Å². The minimum atomic E-state index is -3.06. The van der Waals surface area contributed by atoms with Crippen LogP contribution in [0.3, 0.4) is 0 Å². The van der Waals surface area contributed by atoms with Gasteiger partial charge in [-0.1, -0.05) is 60.7 Å². The van der Waals surface area contributed by atoms with E-state index in [1.165, 1.54) is 0 Å². The molecule has 0 bridgehead atoms. The molecule has 4 rings (SSSR count). The van der Waals surface area contributed by atoms with Crippen LogP contribution in [-0.2, 0) is 9.30 Å². The van der Waals surface area contributed by atoms with Crippen molar-refractivity contribution < 1.29 is 9.30 Å². The third-order valence-corrected chi connectivity index (χ3v) is 5.97. The number of pyridine rings is 1. The molecule has 1 N–H and O–H groups in total. The van der Waals surface area contributed by atoms with E-state index in [0.29, 0.717) is 17.3 Å². The number of hydrogen-bond donors (Lipinski definition) is 1. The molecule has 0 atom stereocenters. The Morgan fingerprint density at radius 2 is 1.41 bits per heavy atom. The van der Waals surface area contributed by atoms with Crippen molar-refractivity contribution in [1.82, 2.24) is 4.98 Å². The van der Waals surface area contributed by atoms with Gasteiger partial charge < -0.3 is 9.82 Å². The highest BCUT2D eigenvalue weighted by Crippen LogP contribution is 2.55. The molecule has 0 spiro atoms. The van der Waals surface area contributed by atoms with Gasteiger partial charge >= 0.3 is 0 Å². The number of nitrogens with one attached hydrogen (secondary N) is 1. The van der Waals surface area contributed by atoms with Crippen molar-refractivity contribution in [2.45, 2.75) is 6.92 Å². The maximum Gasteiger partial charge on any atom is 0.221 e. The molecule has 2 heterocycles. The molecular weight excluding hydrogens is 355 g/mol. The molecule has 1 aromatic heterocycles. The summed E-state index contributed by atoms with van der Waals surface area (Å²) in [6, 6.07) is 23.1. The van der Waals surface area contributed by atoms with Crippen molar-refractivity contribution in [3.63, 3.8) is 0 Å². The lowest BCUT2D eigenvalue weighted by Crippen LogP contribution is -2.04. The molecule has 134 valence electrons. The third kappa shape index (κ3) is 4.02. The van der Waals surface area contributed by atoms with Crippen molar-refractivity contribution in [2.24, 2.45) is 0 Å². The molecule has 0 unspecified atom stereocenters. The Morgan fingerprint density at radius 1 is 0.852 bits per heavy atom. The Kier molecular flexibility index (Phi) is 4.66. The van der Waals surface area contributed by atoms with Crippen LogP contribution in [-0.4, -0.2) is 4.98 Å². The smallest absolute Gasteiger partial charge is 0.221 e. The minimum Gasteiger partial charge on any atom is -0.456 e. The van der Waals surface area contributed by atoms with Gasteiger partial charge in [0.05, 0.1) is 0 Å². The number of aryl methyl sites for hydroxylation is 1. The molecule has 0 saturated heterocycles. The average molecular weight is 374 g/mol. The molecule has 1 aliphatic rings. The normalized spacial score (nSPS) is 15.3. The zero-order chi connectivity index (χ0) is 18.7. The largest absolute Gasteiger partial charge is 0.456 e. The number of nitrogens with zero attached hydrogens (tertiary/aromatic N) is 1. The molecular formula is C22H19N2O2P. The number of benzene rings is 2. The van der Waals surface area contributed by atoms with E-state index in [-0.39, 0.29) is 0 Å². The van der Waals surface area contributed by atoms with Gasteiger partial charge in [0.25, 0.3) is 0 Å². The Balaban J connectivity index is 1.78. The molecule has 27 heavy (non-hydrogen) atoms. The summed E-state index contributed by atoms with van der Waals surface area (Å²) >= 11 is 0. The first-order valence-electron chi connectivity index (χ1n) is 8.66. The van der Waals surface area contributed by atoms with Crippen molar-refractivity contribution in [1.29, 1.82) is 0 Å². The molecule has 3 aromatic rings. The summed E-state index contributed by atoms with van der Waals surface area (Å²) in [6.07, 6.45) is 1.70. The van der Waals surface area contributed by atoms with Crippen molar-refractivity contribution in [2.75, 3.05) is 5.09 Å². The third-order valence-electron chi connectivity index (χ3n) is 4.16. The monoisotopic (exact) mass is 374 g/mol. The number of rotatable bonds is 4. The van der Waals surface area contributed by atoms with Crippen LogP contribution in [0.1, 0.15) is 16.7 Å². The van der Waals surface area contributed by atoms with Gasteiger partial charge in [-0.3, -0.25) is 4.57 Å². The Bertz CT molecular complexity index is 1000. The minimum absolute atomic E-state index is 0.570. The van der Waals surface area contributed by atoms with Gasteiger partial charge in [0, 0.05) is 29.0 Å². The lowest BCUT2D eigenvalue weighted by molar-refractivity contribution is 0.469. The van der Waals surface area contributed by atoms with Crippen molar-refractivity contribution in [3.05, 3.63) is 107 Å². The predicted octanol–water partition coefficient (Wildman–Crippen LogP) is 6.11. The lowest BCUT2D eigenvalue weighted by atomic mass is 10.2. The first-order valence-corrected chi connectivity index (χ1v) is 10.5. The first kappa shape index (κ1) is 17.3. The fourth-order valence-corrected chi connectivity index (χ4v) is 4.65. The van der Waals surface area contributed by atoms with Gasteiger partial charge in [-0.15, -0.1) is 0 Å². The number of hydrogen-bond acceptors (Lipinski definition) is 3. The summed E-state index contributed by atoms with van der Waals surface area (Å²) in [4.78, 5) is 4.29. The molecule has 4 nitrogen and oxygen atoms in total. The van der Waals surface area contributed by atoms with Crippen LogP contribution in [0.15, 0.2) is 90.6 Å². The average Bonchev–Trinajstić information content (AvgIpc) is 2.68. The second-order valence-electron chi connectivity index (χ2n) is 6.36. The maximum absolute atomic E-state index is 13.7. The number of ether oxygens (including phenoxy) is 1. The topological polar surface area (TPSA) is 51.2 Å². The highest BCUT2D eigenvalue weighted by atomic mass is 31.2. The molecule has 2 aromatic carbocycles. The maximum atomic E-state index is 13.7. The van der Waals surface area contributed by atoms with E-state index in [9.17, 15) is 4.57 Å². The molecule has 5 heteroatoms. The quantitative estimate of drug-likeness (QED) is 0.560. The van der Waals surface area contributed by atoms with E-state index in [0.717, 1.165) is 16.7 Å². The predicted molar refractivity (Wildman–Crippen MR) is 110 cm³/mol. The highest BCUT2D eigenvalue weighted by molar-refractivity contribution is 7.72. The van der Waals surface area contributed by atoms with Crippen LogP contribution < -0.4 is 5.09 Å². The van der Waals surface area contributed by atoms with Gasteiger partial charge in [-0.05, 0) is 24.6 Å². The molecule has 0 fully saturated rings. The number of aromatic nitrogens is 1. The highest BCUT2D eigenvalue weighted by Gasteiger charge is 2.27. The summed E-state index contributed by atoms with van der Waals surface area (Å²) in [6.45, 7) is 1.98. The Morgan fingerprint density at radius 3 is 1.93 bits per heavy atom. The van der Waals surface area contributed by atoms with Crippen LogP contribution in [0.5, 0.6) is 0 Å². The zero-order valence-corrected chi connectivity index (χ0v) is 15.8. The van der Waals surface area contributed by atoms with Crippen LogP contribution in [0.4, 0.5) is 5.82 Å². The van der Waals surface area contributed by atoms with Gasteiger partial charge in [-0.2, -0.15) is 0 Å². The molecule has 0 amide bonds. The SMILES string of the molecule is Cc1ccnc(NP2(=O)C=C(c3ccccc3)OC(c3ccccc3)=C2)c1. The summed E-state index contributed by atoms with van der Waals surface area (Å²) < 4.78 is 19.8. The zero-order valence-electron chi connectivity index (χ0n) is 14.9.